The minimum atomic E-state index is -0.858. The molecule has 0 spiro atoms. The topological polar surface area (TPSA) is 57.9 Å². The number of carboxylic acids is 1. The van der Waals surface area contributed by atoms with E-state index in [0.717, 1.165) is 64.4 Å². The summed E-state index contributed by atoms with van der Waals surface area (Å²) in [7, 11) is 0. The van der Waals surface area contributed by atoms with Crippen LogP contribution in [-0.2, 0) is 11.3 Å². The number of nitrogens with zero attached hydrogens (tertiary/aromatic N) is 3. The molecular weight excluding hydrogens is 450 g/mol. The highest BCUT2D eigenvalue weighted by atomic mass is 16.5. The number of aromatic nitrogens is 1. The van der Waals surface area contributed by atoms with Crippen molar-refractivity contribution in [1.29, 1.82) is 0 Å². The number of hydrogen-bond acceptors (Lipinski definition) is 4. The summed E-state index contributed by atoms with van der Waals surface area (Å²) in [6.07, 6.45) is 7.41. The van der Waals surface area contributed by atoms with Gasteiger partial charge in [0.2, 0.25) is 0 Å². The number of benzene rings is 2. The third-order valence-electron chi connectivity index (χ3n) is 8.46. The van der Waals surface area contributed by atoms with E-state index in [1.54, 1.807) is 6.07 Å². The lowest BCUT2D eigenvalue weighted by Gasteiger charge is -2.29. The maximum absolute atomic E-state index is 11.9. The number of fused-ring (bicyclic) bond motifs is 5. The first-order valence-electron chi connectivity index (χ1n) is 13.7. The lowest BCUT2D eigenvalue weighted by molar-refractivity contribution is 0.0697. The second-order valence-electron chi connectivity index (χ2n) is 10.6. The minimum Gasteiger partial charge on any atom is -0.478 e. The Kier molecular flexibility index (Phi) is 6.72. The molecule has 1 saturated heterocycles. The van der Waals surface area contributed by atoms with Gasteiger partial charge in [-0.05, 0) is 48.9 Å². The Hall–Kier alpha value is -2.83. The Labute approximate surface area is 213 Å². The number of rotatable bonds is 5. The van der Waals surface area contributed by atoms with Crippen LogP contribution in [0.25, 0.3) is 22.2 Å². The minimum absolute atomic E-state index is 0.371. The average molecular weight is 488 g/mol. The Morgan fingerprint density at radius 2 is 1.78 bits per heavy atom. The fraction of sp³-hybridized carbons (Fsp3) is 0.500. The van der Waals surface area contributed by atoms with Crippen molar-refractivity contribution in [2.24, 2.45) is 0 Å². The summed E-state index contributed by atoms with van der Waals surface area (Å²) in [6, 6.07) is 14.6. The Morgan fingerprint density at radius 1 is 0.917 bits per heavy atom. The highest BCUT2D eigenvalue weighted by molar-refractivity contribution is 5.99. The van der Waals surface area contributed by atoms with Crippen LogP contribution < -0.4 is 4.90 Å². The summed E-state index contributed by atoms with van der Waals surface area (Å²) in [4.78, 5) is 16.9. The van der Waals surface area contributed by atoms with Gasteiger partial charge in [0.1, 0.15) is 0 Å². The summed E-state index contributed by atoms with van der Waals surface area (Å²) < 4.78 is 8.10. The second kappa shape index (κ2) is 10.3. The number of para-hydroxylation sites is 1. The highest BCUT2D eigenvalue weighted by Gasteiger charge is 2.30. The smallest absolute Gasteiger partial charge is 0.335 e. The summed E-state index contributed by atoms with van der Waals surface area (Å²) >= 11 is 0. The maximum atomic E-state index is 11.9. The van der Waals surface area contributed by atoms with E-state index in [-0.39, 0.29) is 0 Å². The van der Waals surface area contributed by atoms with E-state index in [1.807, 2.05) is 6.07 Å². The number of carbonyl (C=O) groups is 1. The molecule has 0 unspecified atom stereocenters. The van der Waals surface area contributed by atoms with Crippen LogP contribution in [-0.4, -0.2) is 66.5 Å². The number of hydrogen-bond donors (Lipinski definition) is 1. The summed E-state index contributed by atoms with van der Waals surface area (Å²) in [5.41, 5.74) is 6.81. The molecular formula is C30H37N3O3. The van der Waals surface area contributed by atoms with E-state index in [4.69, 9.17) is 4.74 Å². The van der Waals surface area contributed by atoms with E-state index in [9.17, 15) is 9.90 Å². The summed E-state index contributed by atoms with van der Waals surface area (Å²) in [5, 5.41) is 11.0. The van der Waals surface area contributed by atoms with Crippen LogP contribution in [0.2, 0.25) is 0 Å². The van der Waals surface area contributed by atoms with Crippen LogP contribution in [0.1, 0.15) is 60.4 Å². The fourth-order valence-electron chi connectivity index (χ4n) is 6.64. The maximum Gasteiger partial charge on any atom is 0.335 e. The van der Waals surface area contributed by atoms with Crippen LogP contribution in [0.5, 0.6) is 0 Å². The molecule has 3 aliphatic rings. The molecule has 6 heteroatoms. The predicted molar refractivity (Wildman–Crippen MR) is 144 cm³/mol. The van der Waals surface area contributed by atoms with E-state index in [1.165, 1.54) is 60.0 Å². The van der Waals surface area contributed by atoms with Gasteiger partial charge >= 0.3 is 5.97 Å². The zero-order chi connectivity index (χ0) is 24.5. The standard InChI is InChI=1S/C30H37N3O3/c34-30(35)23-11-12-24-27(21-23)33-17-16-32(15-14-31-13-6-19-36-20-18-31)26-10-5-4-9-25(26)29(33)28(24)22-7-2-1-3-8-22/h4-5,9-12,21-22H,1-3,6-8,13-20H2,(H,34,35). The lowest BCUT2D eigenvalue weighted by atomic mass is 9.81. The molecule has 6 rings (SSSR count). The van der Waals surface area contributed by atoms with Crippen LogP contribution in [0.15, 0.2) is 42.5 Å². The molecule has 2 aliphatic heterocycles. The zero-order valence-corrected chi connectivity index (χ0v) is 21.1. The molecule has 0 radical (unpaired) electrons. The molecule has 2 aromatic carbocycles. The molecule has 0 amide bonds. The molecule has 1 saturated carbocycles. The van der Waals surface area contributed by atoms with E-state index >= 15 is 0 Å². The number of carboxylic acid groups (broad SMARTS) is 1. The van der Waals surface area contributed by atoms with Crippen molar-refractivity contribution in [1.82, 2.24) is 9.47 Å². The van der Waals surface area contributed by atoms with Crippen molar-refractivity contribution in [3.05, 3.63) is 53.6 Å². The number of aromatic carboxylic acids is 1. The number of anilines is 1. The molecule has 6 nitrogen and oxygen atoms in total. The normalized spacial score (nSPS) is 19.5. The van der Waals surface area contributed by atoms with Crippen molar-refractivity contribution in [3.8, 4) is 11.3 Å². The van der Waals surface area contributed by atoms with Crippen LogP contribution in [0, 0.1) is 0 Å². The van der Waals surface area contributed by atoms with Gasteiger partial charge in [0.25, 0.3) is 0 Å². The first kappa shape index (κ1) is 23.6. The van der Waals surface area contributed by atoms with Crippen molar-refractivity contribution in [2.75, 3.05) is 50.8 Å². The predicted octanol–water partition coefficient (Wildman–Crippen LogP) is 5.60. The third-order valence-corrected chi connectivity index (χ3v) is 8.46. The second-order valence-corrected chi connectivity index (χ2v) is 10.6. The molecule has 2 fully saturated rings. The van der Waals surface area contributed by atoms with Gasteiger partial charge in [-0.1, -0.05) is 43.5 Å². The molecule has 1 aromatic heterocycles. The molecule has 190 valence electrons. The van der Waals surface area contributed by atoms with Gasteiger partial charge in [0.05, 0.1) is 17.9 Å². The fourth-order valence-corrected chi connectivity index (χ4v) is 6.64. The van der Waals surface area contributed by atoms with Gasteiger partial charge in [0.15, 0.2) is 0 Å². The van der Waals surface area contributed by atoms with E-state index in [0.29, 0.717) is 11.5 Å². The van der Waals surface area contributed by atoms with Gasteiger partial charge in [-0.15, -0.1) is 0 Å². The van der Waals surface area contributed by atoms with Crippen molar-refractivity contribution >= 4 is 22.6 Å². The van der Waals surface area contributed by atoms with Crippen molar-refractivity contribution in [3.63, 3.8) is 0 Å². The Balaban J connectivity index is 1.44. The molecule has 1 N–H and O–H groups in total. The van der Waals surface area contributed by atoms with E-state index in [2.05, 4.69) is 44.7 Å². The SMILES string of the molecule is O=C(O)c1ccc2c(C3CCCCC3)c3n(c2c1)CCN(CCN1CCCOCC1)c1ccccc1-3. The molecule has 0 bridgehead atoms. The zero-order valence-electron chi connectivity index (χ0n) is 21.1. The lowest BCUT2D eigenvalue weighted by Crippen LogP contribution is -2.37. The molecule has 1 aliphatic carbocycles. The Morgan fingerprint density at radius 3 is 2.64 bits per heavy atom. The molecule has 36 heavy (non-hydrogen) atoms. The van der Waals surface area contributed by atoms with E-state index < -0.39 is 5.97 Å². The summed E-state index contributed by atoms with van der Waals surface area (Å²) in [5.74, 6) is -0.325. The van der Waals surface area contributed by atoms with Gasteiger partial charge in [0, 0.05) is 68.0 Å². The monoisotopic (exact) mass is 487 g/mol. The number of ether oxygens (including phenoxy) is 1. The first-order chi connectivity index (χ1) is 17.7. The van der Waals surface area contributed by atoms with Crippen molar-refractivity contribution in [2.45, 2.75) is 51.0 Å². The largest absolute Gasteiger partial charge is 0.478 e. The van der Waals surface area contributed by atoms with Gasteiger partial charge in [-0.2, -0.15) is 0 Å². The summed E-state index contributed by atoms with van der Waals surface area (Å²) in [6.45, 7) is 7.59. The molecule has 3 heterocycles. The van der Waals surface area contributed by atoms with Gasteiger partial charge < -0.3 is 19.3 Å². The van der Waals surface area contributed by atoms with Crippen LogP contribution in [0.3, 0.4) is 0 Å². The van der Waals surface area contributed by atoms with Gasteiger partial charge in [-0.3, -0.25) is 4.90 Å². The quantitative estimate of drug-likeness (QED) is 0.508. The molecule has 0 atom stereocenters. The molecule has 3 aromatic rings. The van der Waals surface area contributed by atoms with Crippen LogP contribution >= 0.6 is 0 Å². The average Bonchev–Trinajstić information content (AvgIpc) is 3.05. The van der Waals surface area contributed by atoms with Crippen molar-refractivity contribution < 1.29 is 14.6 Å². The third kappa shape index (κ3) is 4.41. The van der Waals surface area contributed by atoms with Crippen LogP contribution in [0.4, 0.5) is 5.69 Å². The first-order valence-corrected chi connectivity index (χ1v) is 13.7. The highest BCUT2D eigenvalue weighted by Crippen LogP contribution is 2.47. The Bertz CT molecular complexity index is 1240. The van der Waals surface area contributed by atoms with Gasteiger partial charge in [-0.25, -0.2) is 4.79 Å².